The first-order chi connectivity index (χ1) is 13.7. The molecule has 0 saturated heterocycles. The van der Waals surface area contributed by atoms with Crippen molar-refractivity contribution in [2.24, 2.45) is 0 Å². The second-order valence-electron chi connectivity index (χ2n) is 6.17. The largest absolute Gasteiger partial charge is 0.463 e. The molecule has 0 bridgehead atoms. The molecule has 0 spiro atoms. The molecule has 3 heterocycles. The van der Waals surface area contributed by atoms with Crippen LogP contribution in [0, 0.1) is 0 Å². The van der Waals surface area contributed by atoms with Crippen LogP contribution < -0.4 is 5.32 Å². The SMILES string of the molecule is CCCn1nccc1NC(=O)c1cc(-c2ccco2)n(-c2ccc(Cl)cc2)n1. The summed E-state index contributed by atoms with van der Waals surface area (Å²) in [4.78, 5) is 12.8. The van der Waals surface area contributed by atoms with Crippen LogP contribution in [0.15, 0.2) is 65.4 Å². The maximum absolute atomic E-state index is 12.8. The molecular formula is C20H18ClN5O2. The van der Waals surface area contributed by atoms with Gasteiger partial charge in [-0.1, -0.05) is 18.5 Å². The lowest BCUT2D eigenvalue weighted by Gasteiger charge is -2.07. The molecule has 1 amide bonds. The molecule has 3 aromatic heterocycles. The lowest BCUT2D eigenvalue weighted by molar-refractivity contribution is 0.102. The molecule has 0 unspecified atom stereocenters. The fourth-order valence-corrected chi connectivity index (χ4v) is 3.01. The van der Waals surface area contributed by atoms with E-state index in [1.54, 1.807) is 52.2 Å². The summed E-state index contributed by atoms with van der Waals surface area (Å²) in [6.07, 6.45) is 4.15. The van der Waals surface area contributed by atoms with Crippen molar-refractivity contribution in [2.75, 3.05) is 5.32 Å². The molecule has 1 N–H and O–H groups in total. The van der Waals surface area contributed by atoms with E-state index in [-0.39, 0.29) is 11.6 Å². The third-order valence-corrected chi connectivity index (χ3v) is 4.43. The smallest absolute Gasteiger partial charge is 0.277 e. The summed E-state index contributed by atoms with van der Waals surface area (Å²) in [5.74, 6) is 0.920. The van der Waals surface area contributed by atoms with Crippen LogP contribution in [0.5, 0.6) is 0 Å². The van der Waals surface area contributed by atoms with Crippen LogP contribution in [0.25, 0.3) is 17.1 Å². The first kappa shape index (κ1) is 18.1. The molecule has 7 nitrogen and oxygen atoms in total. The molecule has 0 aliphatic carbocycles. The van der Waals surface area contributed by atoms with E-state index in [4.69, 9.17) is 16.0 Å². The number of carbonyl (C=O) groups excluding carboxylic acids is 1. The second kappa shape index (κ2) is 7.74. The van der Waals surface area contributed by atoms with Crippen molar-refractivity contribution in [3.8, 4) is 17.1 Å². The number of hydrogen-bond acceptors (Lipinski definition) is 4. The van der Waals surface area contributed by atoms with Crippen LogP contribution >= 0.6 is 11.6 Å². The summed E-state index contributed by atoms with van der Waals surface area (Å²) >= 11 is 5.99. The van der Waals surface area contributed by atoms with Crippen molar-refractivity contribution in [3.63, 3.8) is 0 Å². The van der Waals surface area contributed by atoms with Crippen LogP contribution in [0.4, 0.5) is 5.82 Å². The minimum atomic E-state index is -0.321. The number of benzene rings is 1. The number of nitrogens with one attached hydrogen (secondary N) is 1. The number of hydrogen-bond donors (Lipinski definition) is 1. The topological polar surface area (TPSA) is 77.9 Å². The van der Waals surface area contributed by atoms with Gasteiger partial charge in [-0.05, 0) is 42.8 Å². The maximum Gasteiger partial charge on any atom is 0.277 e. The fraction of sp³-hybridized carbons (Fsp3) is 0.150. The molecule has 4 aromatic rings. The summed E-state index contributed by atoms with van der Waals surface area (Å²) in [6, 6.07) is 14.3. The first-order valence-electron chi connectivity index (χ1n) is 8.88. The van der Waals surface area contributed by atoms with E-state index in [9.17, 15) is 4.79 Å². The monoisotopic (exact) mass is 395 g/mol. The van der Waals surface area contributed by atoms with Crippen LogP contribution in [0.2, 0.25) is 5.02 Å². The number of aromatic nitrogens is 4. The third-order valence-electron chi connectivity index (χ3n) is 4.18. The summed E-state index contributed by atoms with van der Waals surface area (Å²) in [6.45, 7) is 2.77. The van der Waals surface area contributed by atoms with Gasteiger partial charge in [-0.15, -0.1) is 0 Å². The molecule has 4 rings (SSSR count). The standard InChI is InChI=1S/C20H18ClN5O2/c1-2-11-25-19(9-10-22-25)23-20(27)16-13-17(18-4-3-12-28-18)26(24-16)15-7-5-14(21)6-8-15/h3-10,12-13H,2,11H2,1H3,(H,23,27). The number of amides is 1. The lowest BCUT2D eigenvalue weighted by Crippen LogP contribution is -2.16. The van der Waals surface area contributed by atoms with Crippen LogP contribution in [0.3, 0.4) is 0 Å². The number of halogens is 1. The number of anilines is 1. The second-order valence-corrected chi connectivity index (χ2v) is 6.61. The zero-order valence-corrected chi connectivity index (χ0v) is 15.9. The molecule has 0 saturated carbocycles. The van der Waals surface area contributed by atoms with E-state index < -0.39 is 0 Å². The van der Waals surface area contributed by atoms with Gasteiger partial charge in [0, 0.05) is 23.7 Å². The molecule has 0 aliphatic heterocycles. The van der Waals surface area contributed by atoms with Crippen molar-refractivity contribution in [1.29, 1.82) is 0 Å². The first-order valence-corrected chi connectivity index (χ1v) is 9.26. The minimum absolute atomic E-state index is 0.269. The van der Waals surface area contributed by atoms with Gasteiger partial charge < -0.3 is 9.73 Å². The quantitative estimate of drug-likeness (QED) is 0.515. The molecule has 0 aliphatic rings. The van der Waals surface area contributed by atoms with Gasteiger partial charge in [0.2, 0.25) is 0 Å². The third kappa shape index (κ3) is 3.57. The zero-order valence-electron chi connectivity index (χ0n) is 15.2. The predicted octanol–water partition coefficient (Wildman–Crippen LogP) is 4.64. The Morgan fingerprint density at radius 1 is 1.21 bits per heavy atom. The number of nitrogens with zero attached hydrogens (tertiary/aromatic N) is 4. The highest BCUT2D eigenvalue weighted by Crippen LogP contribution is 2.25. The van der Waals surface area contributed by atoms with E-state index >= 15 is 0 Å². The molecule has 28 heavy (non-hydrogen) atoms. The van der Waals surface area contributed by atoms with E-state index in [0.29, 0.717) is 22.3 Å². The maximum atomic E-state index is 12.8. The van der Waals surface area contributed by atoms with Crippen LogP contribution in [-0.4, -0.2) is 25.5 Å². The van der Waals surface area contributed by atoms with Gasteiger partial charge in [0.05, 0.1) is 18.1 Å². The highest BCUT2D eigenvalue weighted by Gasteiger charge is 2.19. The Morgan fingerprint density at radius 2 is 2.04 bits per heavy atom. The Balaban J connectivity index is 1.70. The van der Waals surface area contributed by atoms with Crippen molar-refractivity contribution >= 4 is 23.3 Å². The van der Waals surface area contributed by atoms with Crippen LogP contribution in [-0.2, 0) is 6.54 Å². The lowest BCUT2D eigenvalue weighted by atomic mass is 10.2. The number of aryl methyl sites for hydroxylation is 1. The van der Waals surface area contributed by atoms with E-state index in [1.165, 1.54) is 0 Å². The van der Waals surface area contributed by atoms with Gasteiger partial charge in [-0.2, -0.15) is 10.2 Å². The number of carbonyl (C=O) groups is 1. The van der Waals surface area contributed by atoms with Crippen molar-refractivity contribution < 1.29 is 9.21 Å². The Hall–Kier alpha value is -3.32. The summed E-state index contributed by atoms with van der Waals surface area (Å²) in [5.41, 5.74) is 1.70. The molecule has 0 atom stereocenters. The predicted molar refractivity (Wildman–Crippen MR) is 107 cm³/mol. The van der Waals surface area contributed by atoms with Gasteiger partial charge in [-0.25, -0.2) is 9.36 Å². The van der Waals surface area contributed by atoms with E-state index in [1.807, 2.05) is 18.2 Å². The summed E-state index contributed by atoms with van der Waals surface area (Å²) in [7, 11) is 0. The normalized spacial score (nSPS) is 10.9. The molecular weight excluding hydrogens is 378 g/mol. The van der Waals surface area contributed by atoms with Crippen molar-refractivity contribution in [2.45, 2.75) is 19.9 Å². The van der Waals surface area contributed by atoms with Crippen LogP contribution in [0.1, 0.15) is 23.8 Å². The van der Waals surface area contributed by atoms with Gasteiger partial charge >= 0.3 is 0 Å². The Morgan fingerprint density at radius 3 is 2.75 bits per heavy atom. The van der Waals surface area contributed by atoms with Crippen molar-refractivity contribution in [1.82, 2.24) is 19.6 Å². The Kier molecular flexibility index (Phi) is 4.99. The average Bonchev–Trinajstić information content (AvgIpc) is 3.43. The van der Waals surface area contributed by atoms with Gasteiger partial charge in [-0.3, -0.25) is 4.79 Å². The Bertz CT molecular complexity index is 1080. The zero-order chi connectivity index (χ0) is 19.5. The molecule has 0 radical (unpaired) electrons. The van der Waals surface area contributed by atoms with E-state index in [2.05, 4.69) is 22.4 Å². The van der Waals surface area contributed by atoms with Crippen molar-refractivity contribution in [3.05, 3.63) is 71.7 Å². The molecule has 1 aromatic carbocycles. The summed E-state index contributed by atoms with van der Waals surface area (Å²) < 4.78 is 8.93. The highest BCUT2D eigenvalue weighted by molar-refractivity contribution is 6.30. The average molecular weight is 396 g/mol. The highest BCUT2D eigenvalue weighted by atomic mass is 35.5. The minimum Gasteiger partial charge on any atom is -0.463 e. The van der Waals surface area contributed by atoms with Gasteiger partial charge in [0.1, 0.15) is 11.5 Å². The molecule has 142 valence electrons. The molecule has 8 heteroatoms. The molecule has 0 fully saturated rings. The Labute approximate surface area is 166 Å². The summed E-state index contributed by atoms with van der Waals surface area (Å²) in [5, 5.41) is 12.2. The van der Waals surface area contributed by atoms with Gasteiger partial charge in [0.15, 0.2) is 11.5 Å². The number of furan rings is 1. The van der Waals surface area contributed by atoms with Gasteiger partial charge in [0.25, 0.3) is 5.91 Å². The number of rotatable bonds is 6. The van der Waals surface area contributed by atoms with E-state index in [0.717, 1.165) is 18.7 Å². The fourth-order valence-electron chi connectivity index (χ4n) is 2.88.